The zero-order valence-corrected chi connectivity index (χ0v) is 12.0. The average Bonchev–Trinajstić information content (AvgIpc) is 2.76. The Labute approximate surface area is 109 Å². The number of rotatable bonds is 5. The maximum atomic E-state index is 12.4. The molecule has 0 heterocycles. The summed E-state index contributed by atoms with van der Waals surface area (Å²) in [5.74, 6) is -0.374. The van der Waals surface area contributed by atoms with Gasteiger partial charge in [0, 0.05) is 5.41 Å². The number of carbonyl (C=O) groups is 2. The van der Waals surface area contributed by atoms with Crippen molar-refractivity contribution < 1.29 is 14.3 Å². The molecule has 0 aliphatic heterocycles. The Balaban J connectivity index is 2.77. The van der Waals surface area contributed by atoms with Gasteiger partial charge in [-0.1, -0.05) is 33.1 Å². The fraction of sp³-hybridized carbons (Fsp3) is 0.857. The molecule has 0 radical (unpaired) electrons. The van der Waals surface area contributed by atoms with E-state index in [1.807, 2.05) is 13.8 Å². The lowest BCUT2D eigenvalue weighted by molar-refractivity contribution is -0.152. The zero-order chi connectivity index (χ0) is 13.8. The van der Waals surface area contributed by atoms with Crippen LogP contribution < -0.4 is 5.32 Å². The summed E-state index contributed by atoms with van der Waals surface area (Å²) in [6, 6.07) is 0. The van der Waals surface area contributed by atoms with Crippen LogP contribution in [0.3, 0.4) is 0 Å². The molecule has 1 N–H and O–H groups in total. The molecule has 0 spiro atoms. The predicted molar refractivity (Wildman–Crippen MR) is 70.0 cm³/mol. The highest BCUT2D eigenvalue weighted by Crippen LogP contribution is 2.38. The Morgan fingerprint density at radius 1 is 1.33 bits per heavy atom. The van der Waals surface area contributed by atoms with E-state index < -0.39 is 5.54 Å². The van der Waals surface area contributed by atoms with Crippen LogP contribution in [-0.2, 0) is 14.3 Å². The highest BCUT2D eigenvalue weighted by molar-refractivity contribution is 5.90. The molecular formula is C14H25NO3. The van der Waals surface area contributed by atoms with E-state index in [9.17, 15) is 9.59 Å². The van der Waals surface area contributed by atoms with E-state index in [1.165, 1.54) is 7.11 Å². The first-order chi connectivity index (χ1) is 8.38. The number of carbonyl (C=O) groups excluding carboxylic acids is 2. The van der Waals surface area contributed by atoms with Crippen LogP contribution in [0.25, 0.3) is 0 Å². The number of methoxy groups -OCH3 is 1. The van der Waals surface area contributed by atoms with E-state index >= 15 is 0 Å². The summed E-state index contributed by atoms with van der Waals surface area (Å²) in [5.41, 5.74) is -1.21. The van der Waals surface area contributed by atoms with Crippen LogP contribution in [0.5, 0.6) is 0 Å². The quantitative estimate of drug-likeness (QED) is 0.768. The maximum absolute atomic E-state index is 12.4. The first kappa shape index (κ1) is 15.0. The van der Waals surface area contributed by atoms with Crippen molar-refractivity contribution in [3.63, 3.8) is 0 Å². The fourth-order valence-corrected chi connectivity index (χ4v) is 2.72. The minimum Gasteiger partial charge on any atom is -0.467 e. The van der Waals surface area contributed by atoms with E-state index in [0.29, 0.717) is 6.42 Å². The summed E-state index contributed by atoms with van der Waals surface area (Å²) in [5, 5.41) is 2.91. The van der Waals surface area contributed by atoms with E-state index in [2.05, 4.69) is 5.32 Å². The molecule has 1 amide bonds. The van der Waals surface area contributed by atoms with Gasteiger partial charge >= 0.3 is 5.97 Å². The van der Waals surface area contributed by atoms with Gasteiger partial charge in [0.25, 0.3) is 0 Å². The third-order valence-corrected chi connectivity index (χ3v) is 4.03. The number of nitrogens with one attached hydrogen (secondary N) is 1. The highest BCUT2D eigenvalue weighted by atomic mass is 16.5. The fourth-order valence-electron chi connectivity index (χ4n) is 2.72. The summed E-state index contributed by atoms with van der Waals surface area (Å²) in [6.07, 6.45) is 5.41. The van der Waals surface area contributed by atoms with E-state index in [-0.39, 0.29) is 17.3 Å². The Hall–Kier alpha value is -1.06. The van der Waals surface area contributed by atoms with E-state index in [4.69, 9.17) is 4.74 Å². The molecule has 0 aromatic rings. The Morgan fingerprint density at radius 2 is 1.89 bits per heavy atom. The maximum Gasteiger partial charge on any atom is 0.331 e. The van der Waals surface area contributed by atoms with Gasteiger partial charge in [-0.2, -0.15) is 0 Å². The molecule has 1 aliphatic carbocycles. The minimum absolute atomic E-state index is 0.0126. The number of esters is 1. The summed E-state index contributed by atoms with van der Waals surface area (Å²) in [7, 11) is 1.36. The van der Waals surface area contributed by atoms with Gasteiger partial charge in [-0.15, -0.1) is 0 Å². The third-order valence-electron chi connectivity index (χ3n) is 4.03. The molecule has 104 valence electrons. The molecule has 0 aromatic heterocycles. The van der Waals surface area contributed by atoms with Crippen LogP contribution in [0, 0.1) is 5.41 Å². The largest absolute Gasteiger partial charge is 0.467 e. The van der Waals surface area contributed by atoms with Crippen molar-refractivity contribution in [2.24, 2.45) is 5.41 Å². The monoisotopic (exact) mass is 255 g/mol. The van der Waals surface area contributed by atoms with Gasteiger partial charge < -0.3 is 10.1 Å². The van der Waals surface area contributed by atoms with Crippen LogP contribution in [0.1, 0.15) is 59.3 Å². The van der Waals surface area contributed by atoms with E-state index in [1.54, 1.807) is 6.92 Å². The first-order valence-corrected chi connectivity index (χ1v) is 6.79. The lowest BCUT2D eigenvalue weighted by Gasteiger charge is -2.32. The number of hydrogen-bond donors (Lipinski definition) is 1. The smallest absolute Gasteiger partial charge is 0.331 e. The molecule has 1 rings (SSSR count). The second kappa shape index (κ2) is 5.72. The molecule has 1 saturated carbocycles. The number of hydrogen-bond acceptors (Lipinski definition) is 3. The molecule has 1 fully saturated rings. The van der Waals surface area contributed by atoms with Crippen LogP contribution in [0.2, 0.25) is 0 Å². The molecule has 18 heavy (non-hydrogen) atoms. The number of ether oxygens (including phenoxy) is 1. The van der Waals surface area contributed by atoms with Gasteiger partial charge in [0.05, 0.1) is 7.11 Å². The van der Waals surface area contributed by atoms with Crippen LogP contribution in [0.4, 0.5) is 0 Å². The van der Waals surface area contributed by atoms with E-state index in [0.717, 1.165) is 32.1 Å². The molecule has 1 unspecified atom stereocenters. The molecule has 0 aromatic carbocycles. The summed E-state index contributed by atoms with van der Waals surface area (Å²) < 4.78 is 4.81. The van der Waals surface area contributed by atoms with Gasteiger partial charge in [-0.25, -0.2) is 4.79 Å². The molecule has 0 saturated heterocycles. The number of amides is 1. The second-order valence-electron chi connectivity index (χ2n) is 5.80. The van der Waals surface area contributed by atoms with Crippen molar-refractivity contribution in [1.29, 1.82) is 0 Å². The van der Waals surface area contributed by atoms with Crippen LogP contribution in [0.15, 0.2) is 0 Å². The predicted octanol–water partition coefficient (Wildman–Crippen LogP) is 2.41. The standard InChI is InChI=1S/C14H25NO3/c1-5-8-14(3,12(17)18-4)15-11(16)13(2)9-6-7-10-13/h5-10H2,1-4H3,(H,15,16). The Bertz CT molecular complexity index is 321. The molecule has 4 heteroatoms. The summed E-state index contributed by atoms with van der Waals surface area (Å²) in [4.78, 5) is 24.2. The first-order valence-electron chi connectivity index (χ1n) is 6.79. The Morgan fingerprint density at radius 3 is 2.33 bits per heavy atom. The van der Waals surface area contributed by atoms with Crippen LogP contribution >= 0.6 is 0 Å². The van der Waals surface area contributed by atoms with Crippen molar-refractivity contribution in [3.05, 3.63) is 0 Å². The molecular weight excluding hydrogens is 230 g/mol. The van der Waals surface area contributed by atoms with Gasteiger partial charge in [0.1, 0.15) is 5.54 Å². The normalized spacial score (nSPS) is 21.1. The van der Waals surface area contributed by atoms with Crippen LogP contribution in [-0.4, -0.2) is 24.5 Å². The topological polar surface area (TPSA) is 55.4 Å². The molecule has 1 aliphatic rings. The zero-order valence-electron chi connectivity index (χ0n) is 12.0. The van der Waals surface area contributed by atoms with Gasteiger partial charge in [-0.3, -0.25) is 4.79 Å². The lowest BCUT2D eigenvalue weighted by Crippen LogP contribution is -2.56. The molecule has 0 bridgehead atoms. The lowest BCUT2D eigenvalue weighted by atomic mass is 9.85. The second-order valence-corrected chi connectivity index (χ2v) is 5.80. The van der Waals surface area contributed by atoms with Crippen molar-refractivity contribution >= 4 is 11.9 Å². The average molecular weight is 255 g/mol. The van der Waals surface area contributed by atoms with Gasteiger partial charge in [0.2, 0.25) is 5.91 Å². The highest BCUT2D eigenvalue weighted by Gasteiger charge is 2.42. The van der Waals surface area contributed by atoms with Crippen molar-refractivity contribution in [1.82, 2.24) is 5.32 Å². The summed E-state index contributed by atoms with van der Waals surface area (Å²) >= 11 is 0. The van der Waals surface area contributed by atoms with Crippen molar-refractivity contribution in [3.8, 4) is 0 Å². The summed E-state index contributed by atoms with van der Waals surface area (Å²) in [6.45, 7) is 5.72. The SMILES string of the molecule is CCCC(C)(NC(=O)C1(C)CCCC1)C(=O)OC. The Kier molecular flexibility index (Phi) is 4.77. The van der Waals surface area contributed by atoms with Crippen molar-refractivity contribution in [2.45, 2.75) is 64.8 Å². The third kappa shape index (κ3) is 3.03. The van der Waals surface area contributed by atoms with Crippen molar-refractivity contribution in [2.75, 3.05) is 7.11 Å². The minimum atomic E-state index is -0.897. The van der Waals surface area contributed by atoms with Gasteiger partial charge in [-0.05, 0) is 26.2 Å². The molecule has 1 atom stereocenters. The molecule has 4 nitrogen and oxygen atoms in total. The van der Waals surface area contributed by atoms with Gasteiger partial charge in [0.15, 0.2) is 0 Å².